The Morgan fingerprint density at radius 1 is 1.11 bits per heavy atom. The van der Waals surface area contributed by atoms with Crippen molar-refractivity contribution in [2.75, 3.05) is 46.3 Å². The predicted octanol–water partition coefficient (Wildman–Crippen LogP) is 3.12. The Balaban J connectivity index is 1.51. The summed E-state index contributed by atoms with van der Waals surface area (Å²) in [6.07, 6.45) is 2.68. The molecule has 3 rings (SSSR count). The van der Waals surface area contributed by atoms with Crippen LogP contribution in [0.3, 0.4) is 0 Å². The number of aromatic hydroxyl groups is 1. The molecule has 0 unspecified atom stereocenters. The smallest absolute Gasteiger partial charge is 0.225 e. The highest BCUT2D eigenvalue weighted by molar-refractivity contribution is 6.37. The molecule has 2 heterocycles. The molecule has 1 aromatic rings. The summed E-state index contributed by atoms with van der Waals surface area (Å²) in [5.74, 6) is -0.0546. The molecular formula is C20H29Cl2N3O2. The van der Waals surface area contributed by atoms with Gasteiger partial charge in [0.05, 0.1) is 10.0 Å². The van der Waals surface area contributed by atoms with Gasteiger partial charge in [-0.3, -0.25) is 9.69 Å². The quantitative estimate of drug-likeness (QED) is 0.823. The molecule has 2 aliphatic rings. The summed E-state index contributed by atoms with van der Waals surface area (Å²) in [4.78, 5) is 19.8. The number of carbonyl (C=O) groups is 1. The van der Waals surface area contributed by atoms with Gasteiger partial charge >= 0.3 is 0 Å². The molecule has 0 aromatic heterocycles. The van der Waals surface area contributed by atoms with Crippen LogP contribution >= 0.6 is 23.2 Å². The standard InChI is InChI=1S/C20H29Cl2N3O2/c1-14(11-15-12-17(21)19(26)18(22)13-15)20(27)25-5-3-16(4-6-25)24-9-7-23(2)8-10-24/h12-14,16,26H,3-11H2,1-2H3/t14-/m1/s1. The molecular weight excluding hydrogens is 385 g/mol. The van der Waals surface area contributed by atoms with E-state index in [0.29, 0.717) is 12.5 Å². The van der Waals surface area contributed by atoms with Gasteiger partial charge < -0.3 is 14.9 Å². The Morgan fingerprint density at radius 3 is 2.22 bits per heavy atom. The molecule has 1 amide bonds. The van der Waals surface area contributed by atoms with Crippen LogP contribution in [0, 0.1) is 5.92 Å². The van der Waals surface area contributed by atoms with Gasteiger partial charge in [-0.2, -0.15) is 0 Å². The van der Waals surface area contributed by atoms with Crippen molar-refractivity contribution in [2.45, 2.75) is 32.2 Å². The Bertz CT molecular complexity index is 646. The Labute approximate surface area is 171 Å². The maximum Gasteiger partial charge on any atom is 0.225 e. The van der Waals surface area contributed by atoms with E-state index in [1.54, 1.807) is 12.1 Å². The summed E-state index contributed by atoms with van der Waals surface area (Å²) < 4.78 is 0. The van der Waals surface area contributed by atoms with E-state index in [9.17, 15) is 9.90 Å². The fourth-order valence-electron chi connectivity index (χ4n) is 4.13. The van der Waals surface area contributed by atoms with Crippen LogP contribution in [0.1, 0.15) is 25.3 Å². The lowest BCUT2D eigenvalue weighted by Crippen LogP contribution is -2.53. The first-order valence-electron chi connectivity index (χ1n) is 9.73. The lowest BCUT2D eigenvalue weighted by molar-refractivity contribution is -0.136. The molecule has 7 heteroatoms. The van der Waals surface area contributed by atoms with Gasteiger partial charge in [0.25, 0.3) is 0 Å². The summed E-state index contributed by atoms with van der Waals surface area (Å²) >= 11 is 12.0. The van der Waals surface area contributed by atoms with E-state index in [1.807, 2.05) is 11.8 Å². The second-order valence-electron chi connectivity index (χ2n) is 7.91. The maximum absolute atomic E-state index is 12.9. The van der Waals surface area contributed by atoms with Gasteiger partial charge in [0.2, 0.25) is 5.91 Å². The number of carbonyl (C=O) groups excluding carboxylic acids is 1. The highest BCUT2D eigenvalue weighted by atomic mass is 35.5. The van der Waals surface area contributed by atoms with Crippen molar-refractivity contribution < 1.29 is 9.90 Å². The highest BCUT2D eigenvalue weighted by Crippen LogP contribution is 2.33. The van der Waals surface area contributed by atoms with Crippen LogP contribution in [0.4, 0.5) is 0 Å². The third kappa shape index (κ3) is 5.08. The number of halogens is 2. The van der Waals surface area contributed by atoms with Crippen LogP contribution in [0.2, 0.25) is 10.0 Å². The molecule has 0 radical (unpaired) electrons. The number of likely N-dealkylation sites (N-methyl/N-ethyl adjacent to an activating group) is 1. The van der Waals surface area contributed by atoms with Crippen molar-refractivity contribution in [3.05, 3.63) is 27.7 Å². The molecule has 1 atom stereocenters. The first kappa shape index (κ1) is 20.7. The van der Waals surface area contributed by atoms with E-state index < -0.39 is 0 Å². The molecule has 0 saturated carbocycles. The molecule has 1 N–H and O–H groups in total. The summed E-state index contributed by atoms with van der Waals surface area (Å²) in [6, 6.07) is 3.98. The van der Waals surface area contributed by atoms with E-state index in [2.05, 4.69) is 16.8 Å². The number of amides is 1. The van der Waals surface area contributed by atoms with Gasteiger partial charge in [0.1, 0.15) is 0 Å². The van der Waals surface area contributed by atoms with Crippen LogP contribution in [-0.2, 0) is 11.2 Å². The molecule has 27 heavy (non-hydrogen) atoms. The normalized spacial score (nSPS) is 21.4. The van der Waals surface area contributed by atoms with Crippen molar-refractivity contribution in [3.63, 3.8) is 0 Å². The number of nitrogens with zero attached hydrogens (tertiary/aromatic N) is 3. The fourth-order valence-corrected chi connectivity index (χ4v) is 4.66. The van der Waals surface area contributed by atoms with Gasteiger partial charge in [-0.05, 0) is 44.0 Å². The van der Waals surface area contributed by atoms with Crippen LogP contribution in [-0.4, -0.2) is 78.1 Å². The number of piperazine rings is 1. The minimum absolute atomic E-state index is 0.105. The van der Waals surface area contributed by atoms with Gasteiger partial charge in [-0.15, -0.1) is 0 Å². The third-order valence-electron chi connectivity index (χ3n) is 5.87. The van der Waals surface area contributed by atoms with E-state index in [1.165, 1.54) is 0 Å². The van der Waals surface area contributed by atoms with Crippen molar-refractivity contribution in [2.24, 2.45) is 5.92 Å². The van der Waals surface area contributed by atoms with Crippen molar-refractivity contribution >= 4 is 29.1 Å². The van der Waals surface area contributed by atoms with Crippen LogP contribution < -0.4 is 0 Å². The zero-order chi connectivity index (χ0) is 19.6. The van der Waals surface area contributed by atoms with Gasteiger partial charge in [0.15, 0.2) is 5.75 Å². The minimum Gasteiger partial charge on any atom is -0.505 e. The van der Waals surface area contributed by atoms with Crippen molar-refractivity contribution in [3.8, 4) is 5.75 Å². The third-order valence-corrected chi connectivity index (χ3v) is 6.45. The Morgan fingerprint density at radius 2 is 1.67 bits per heavy atom. The number of hydrogen-bond donors (Lipinski definition) is 1. The number of phenolic OH excluding ortho intramolecular Hbond substituents is 1. The number of piperidine rings is 1. The SMILES string of the molecule is C[C@H](Cc1cc(Cl)c(O)c(Cl)c1)C(=O)N1CCC(N2CCN(C)CC2)CC1. The van der Waals surface area contributed by atoms with Crippen molar-refractivity contribution in [1.82, 2.24) is 14.7 Å². The monoisotopic (exact) mass is 413 g/mol. The number of hydrogen-bond acceptors (Lipinski definition) is 4. The summed E-state index contributed by atoms with van der Waals surface area (Å²) in [5.41, 5.74) is 0.871. The Hall–Kier alpha value is -1.01. The molecule has 0 spiro atoms. The molecule has 150 valence electrons. The second-order valence-corrected chi connectivity index (χ2v) is 8.72. The van der Waals surface area contributed by atoms with Crippen LogP contribution in [0.5, 0.6) is 5.75 Å². The van der Waals surface area contributed by atoms with E-state index in [4.69, 9.17) is 23.2 Å². The molecule has 0 bridgehead atoms. The number of likely N-dealkylation sites (tertiary alicyclic amines) is 1. The largest absolute Gasteiger partial charge is 0.505 e. The first-order valence-corrected chi connectivity index (χ1v) is 10.5. The molecule has 2 aliphatic heterocycles. The molecule has 2 fully saturated rings. The van der Waals surface area contributed by atoms with Crippen LogP contribution in [0.15, 0.2) is 12.1 Å². The summed E-state index contributed by atoms with van der Waals surface area (Å²) in [5, 5.41) is 10.1. The average Bonchev–Trinajstić information content (AvgIpc) is 2.66. The molecule has 1 aromatic carbocycles. The first-order chi connectivity index (χ1) is 12.8. The van der Waals surface area contributed by atoms with E-state index in [-0.39, 0.29) is 27.6 Å². The van der Waals surface area contributed by atoms with E-state index in [0.717, 1.165) is 57.7 Å². The minimum atomic E-state index is -0.137. The fraction of sp³-hybridized carbons (Fsp3) is 0.650. The zero-order valence-electron chi connectivity index (χ0n) is 16.1. The Kier molecular flexibility index (Phi) is 6.90. The van der Waals surface area contributed by atoms with Crippen LogP contribution in [0.25, 0.3) is 0 Å². The second kappa shape index (κ2) is 8.99. The predicted molar refractivity (Wildman–Crippen MR) is 110 cm³/mol. The highest BCUT2D eigenvalue weighted by Gasteiger charge is 2.30. The summed E-state index contributed by atoms with van der Waals surface area (Å²) in [6.45, 7) is 8.14. The number of rotatable bonds is 4. The average molecular weight is 414 g/mol. The number of benzene rings is 1. The van der Waals surface area contributed by atoms with Gasteiger partial charge in [0, 0.05) is 51.2 Å². The molecule has 0 aliphatic carbocycles. The summed E-state index contributed by atoms with van der Waals surface area (Å²) in [7, 11) is 2.18. The van der Waals surface area contributed by atoms with Gasteiger partial charge in [-0.1, -0.05) is 30.1 Å². The van der Waals surface area contributed by atoms with Crippen molar-refractivity contribution in [1.29, 1.82) is 0 Å². The lowest BCUT2D eigenvalue weighted by atomic mass is 9.97. The van der Waals surface area contributed by atoms with Gasteiger partial charge in [-0.25, -0.2) is 0 Å². The number of phenols is 1. The maximum atomic E-state index is 12.9. The topological polar surface area (TPSA) is 47.0 Å². The lowest BCUT2D eigenvalue weighted by Gasteiger charge is -2.42. The zero-order valence-corrected chi connectivity index (χ0v) is 17.6. The van der Waals surface area contributed by atoms with E-state index >= 15 is 0 Å². The molecule has 5 nitrogen and oxygen atoms in total. The molecule has 2 saturated heterocycles.